The van der Waals surface area contributed by atoms with E-state index in [2.05, 4.69) is 9.73 Å². The number of nitrogens with zero attached hydrogens (tertiary/aromatic N) is 1. The third kappa shape index (κ3) is 0.698. The molecule has 1 atom stereocenters. The molecular weight excluding hydrogens is 101 g/mol. The van der Waals surface area contributed by atoms with Gasteiger partial charge in [-0.1, -0.05) is 11.6 Å². The van der Waals surface area contributed by atoms with Gasteiger partial charge in [-0.05, 0) is 0 Å². The average Bonchev–Trinajstić information content (AvgIpc) is 1.86. The molecule has 3 heteroatoms. The highest BCUT2D eigenvalue weighted by atomic mass is 35.5. The molecule has 0 aromatic rings. The summed E-state index contributed by atoms with van der Waals surface area (Å²) in [7, 11) is 0. The molecule has 1 radical (unpaired) electrons. The normalized spacial score (nSPS) is 31.8. The molecule has 1 rings (SSSR count). The van der Waals surface area contributed by atoms with Crippen molar-refractivity contribution in [2.45, 2.75) is 5.56 Å². The first kappa shape index (κ1) is 4.09. The lowest BCUT2D eigenvalue weighted by molar-refractivity contribution is 0.238. The monoisotopic (exact) mass is 104 g/mol. The largest absolute Gasteiger partial charge is 0.327 e. The molecule has 33 valence electrons. The Bertz CT molecular complexity index is 73.2. The summed E-state index contributed by atoms with van der Waals surface area (Å²) < 4.78 is 4.57. The molecule has 0 bridgehead atoms. The van der Waals surface area contributed by atoms with Gasteiger partial charge in [0.05, 0.1) is 0 Å². The van der Waals surface area contributed by atoms with Gasteiger partial charge in [0.1, 0.15) is 0 Å². The summed E-state index contributed by atoms with van der Waals surface area (Å²) in [5, 5.41) is 0. The molecule has 1 unspecified atom stereocenters. The van der Waals surface area contributed by atoms with Crippen LogP contribution < -0.4 is 0 Å². The van der Waals surface area contributed by atoms with Crippen LogP contribution in [0.4, 0.5) is 0 Å². The number of rotatable bonds is 0. The third-order valence-corrected chi connectivity index (χ3v) is 0.671. The molecular formula is C3H3ClNO. The van der Waals surface area contributed by atoms with E-state index in [4.69, 9.17) is 11.6 Å². The first-order valence-corrected chi connectivity index (χ1v) is 1.98. The quantitative estimate of drug-likeness (QED) is 0.416. The molecule has 0 saturated carbocycles. The zero-order chi connectivity index (χ0) is 4.41. The molecule has 0 aromatic heterocycles. The van der Waals surface area contributed by atoms with Gasteiger partial charge in [-0.2, -0.15) is 0 Å². The maximum atomic E-state index is 5.31. The Labute approximate surface area is 40.8 Å². The summed E-state index contributed by atoms with van der Waals surface area (Å²) in [4.78, 5) is 3.56. The van der Waals surface area contributed by atoms with Crippen LogP contribution in [0, 0.1) is 6.73 Å². The summed E-state index contributed by atoms with van der Waals surface area (Å²) >= 11 is 5.31. The summed E-state index contributed by atoms with van der Waals surface area (Å²) in [5.41, 5.74) is -0.329. The summed E-state index contributed by atoms with van der Waals surface area (Å²) in [5.74, 6) is 0. The van der Waals surface area contributed by atoms with Gasteiger partial charge in [-0.15, -0.1) is 0 Å². The first-order chi connectivity index (χ1) is 2.89. The zero-order valence-corrected chi connectivity index (χ0v) is 3.72. The minimum Gasteiger partial charge on any atom is -0.327 e. The van der Waals surface area contributed by atoms with Gasteiger partial charge < -0.3 is 4.74 Å². The van der Waals surface area contributed by atoms with Gasteiger partial charge in [-0.3, -0.25) is 4.99 Å². The number of aliphatic imine (C=N–C) groups is 1. The average molecular weight is 105 g/mol. The molecule has 0 saturated heterocycles. The highest BCUT2D eigenvalue weighted by Crippen LogP contribution is 2.03. The van der Waals surface area contributed by atoms with Gasteiger partial charge in [0, 0.05) is 6.21 Å². The van der Waals surface area contributed by atoms with Crippen molar-refractivity contribution < 1.29 is 4.74 Å². The van der Waals surface area contributed by atoms with Crippen LogP contribution >= 0.6 is 11.6 Å². The molecule has 0 aromatic carbocycles. The predicted molar refractivity (Wildman–Crippen MR) is 23.5 cm³/mol. The Balaban J connectivity index is 2.38. The molecule has 0 N–H and O–H groups in total. The lowest BCUT2D eigenvalue weighted by Crippen LogP contribution is -1.93. The molecule has 2 nitrogen and oxygen atoms in total. The van der Waals surface area contributed by atoms with Gasteiger partial charge in [0.2, 0.25) is 0 Å². The summed E-state index contributed by atoms with van der Waals surface area (Å²) in [6.07, 6.45) is 1.52. The van der Waals surface area contributed by atoms with Crippen LogP contribution in [0.5, 0.6) is 0 Å². The second-order valence-corrected chi connectivity index (χ2v) is 1.32. The fourth-order valence-corrected chi connectivity index (χ4v) is 0.342. The highest BCUT2D eigenvalue weighted by molar-refractivity contribution is 6.27. The lowest BCUT2D eigenvalue weighted by atomic mass is 10.8. The van der Waals surface area contributed by atoms with Crippen molar-refractivity contribution in [3.63, 3.8) is 0 Å². The predicted octanol–water partition coefficient (Wildman–Crippen LogP) is 0.772. The maximum absolute atomic E-state index is 5.31. The number of ether oxygens (including phenoxy) is 1. The number of alkyl halides is 1. The van der Waals surface area contributed by atoms with Crippen LogP contribution in [0.2, 0.25) is 0 Å². The van der Waals surface area contributed by atoms with E-state index in [1.807, 2.05) is 0 Å². The first-order valence-electron chi connectivity index (χ1n) is 1.54. The molecule has 1 aliphatic heterocycles. The second-order valence-electron chi connectivity index (χ2n) is 0.891. The Hall–Kier alpha value is -0.0800. The fraction of sp³-hybridized carbons (Fsp3) is 0.333. The molecule has 0 spiro atoms. The van der Waals surface area contributed by atoms with E-state index < -0.39 is 0 Å². The van der Waals surface area contributed by atoms with E-state index in [0.29, 0.717) is 0 Å². The summed E-state index contributed by atoms with van der Waals surface area (Å²) in [6.45, 7) is 1.32. The van der Waals surface area contributed by atoms with E-state index in [0.717, 1.165) is 0 Å². The van der Waals surface area contributed by atoms with Crippen LogP contribution in [0.25, 0.3) is 0 Å². The fourth-order valence-electron chi connectivity index (χ4n) is 0.231. The van der Waals surface area contributed by atoms with E-state index in [1.165, 1.54) is 12.9 Å². The molecule has 1 heterocycles. The lowest BCUT2D eigenvalue weighted by Gasteiger charge is -1.87. The van der Waals surface area contributed by atoms with Crippen molar-refractivity contribution in [2.75, 3.05) is 0 Å². The topological polar surface area (TPSA) is 21.6 Å². The minimum atomic E-state index is -0.329. The Morgan fingerprint density at radius 3 is 2.83 bits per heavy atom. The van der Waals surface area contributed by atoms with Crippen LogP contribution in [0.3, 0.4) is 0 Å². The van der Waals surface area contributed by atoms with Crippen LogP contribution in [-0.2, 0) is 4.74 Å². The molecule has 0 aliphatic carbocycles. The summed E-state index contributed by atoms with van der Waals surface area (Å²) in [6, 6.07) is 0. The second kappa shape index (κ2) is 1.58. The van der Waals surface area contributed by atoms with Gasteiger partial charge in [-0.25, -0.2) is 0 Å². The third-order valence-electron chi connectivity index (χ3n) is 0.455. The van der Waals surface area contributed by atoms with Crippen molar-refractivity contribution in [3.05, 3.63) is 6.73 Å². The SMILES string of the molecule is ClC1C=N[CH]O1. The molecule has 1 aliphatic rings. The van der Waals surface area contributed by atoms with Crippen molar-refractivity contribution in [2.24, 2.45) is 4.99 Å². The van der Waals surface area contributed by atoms with Crippen molar-refractivity contribution >= 4 is 17.8 Å². The number of hydrogen-bond acceptors (Lipinski definition) is 2. The number of hydrogen-bond donors (Lipinski definition) is 0. The number of halogens is 1. The molecule has 0 amide bonds. The van der Waals surface area contributed by atoms with E-state index in [1.54, 1.807) is 0 Å². The van der Waals surface area contributed by atoms with E-state index >= 15 is 0 Å². The van der Waals surface area contributed by atoms with Crippen molar-refractivity contribution in [1.82, 2.24) is 0 Å². The van der Waals surface area contributed by atoms with E-state index in [-0.39, 0.29) is 5.56 Å². The van der Waals surface area contributed by atoms with Crippen LogP contribution in [-0.4, -0.2) is 11.8 Å². The Kier molecular flexibility index (Phi) is 1.08. The zero-order valence-electron chi connectivity index (χ0n) is 2.97. The smallest absolute Gasteiger partial charge is 0.196 e. The van der Waals surface area contributed by atoms with Gasteiger partial charge in [0.15, 0.2) is 12.3 Å². The van der Waals surface area contributed by atoms with Crippen LogP contribution in [0.1, 0.15) is 0 Å². The Morgan fingerprint density at radius 1 is 1.83 bits per heavy atom. The van der Waals surface area contributed by atoms with E-state index in [9.17, 15) is 0 Å². The van der Waals surface area contributed by atoms with Gasteiger partial charge >= 0.3 is 0 Å². The maximum Gasteiger partial charge on any atom is 0.196 e. The van der Waals surface area contributed by atoms with Crippen molar-refractivity contribution in [3.8, 4) is 0 Å². The Morgan fingerprint density at radius 2 is 2.67 bits per heavy atom. The highest BCUT2D eigenvalue weighted by Gasteiger charge is 2.03. The van der Waals surface area contributed by atoms with Crippen LogP contribution in [0.15, 0.2) is 4.99 Å². The minimum absolute atomic E-state index is 0.329. The molecule has 0 fully saturated rings. The molecule has 6 heavy (non-hydrogen) atoms. The van der Waals surface area contributed by atoms with Gasteiger partial charge in [0.25, 0.3) is 0 Å². The standard InChI is InChI=1S/C3H3ClNO/c4-3-1-5-2-6-3/h1-3H. The van der Waals surface area contributed by atoms with Crippen molar-refractivity contribution in [1.29, 1.82) is 0 Å².